The minimum atomic E-state index is -0.823. The molecule has 1 fully saturated rings. The van der Waals surface area contributed by atoms with Crippen LogP contribution in [-0.4, -0.2) is 40.0 Å². The molecule has 1 aromatic rings. The highest BCUT2D eigenvalue weighted by molar-refractivity contribution is 6.05. The second-order valence-electron chi connectivity index (χ2n) is 9.16. The van der Waals surface area contributed by atoms with Crippen molar-refractivity contribution in [3.05, 3.63) is 35.9 Å². The summed E-state index contributed by atoms with van der Waals surface area (Å²) < 4.78 is 0. The Labute approximate surface area is 195 Å². The van der Waals surface area contributed by atoms with Gasteiger partial charge in [0, 0.05) is 0 Å². The van der Waals surface area contributed by atoms with Gasteiger partial charge in [-0.2, -0.15) is 5.01 Å². The minimum Gasteiger partial charge on any atom is -0.324 e. The summed E-state index contributed by atoms with van der Waals surface area (Å²) in [5.41, 5.74) is 5.23. The highest BCUT2D eigenvalue weighted by Crippen LogP contribution is 2.27. The van der Waals surface area contributed by atoms with Crippen molar-refractivity contribution in [2.45, 2.75) is 65.8 Å². The summed E-state index contributed by atoms with van der Waals surface area (Å²) in [6, 6.07) is 8.40. The van der Waals surface area contributed by atoms with E-state index in [-0.39, 0.29) is 11.8 Å². The lowest BCUT2D eigenvalue weighted by molar-refractivity contribution is -0.145. The van der Waals surface area contributed by atoms with Crippen molar-refractivity contribution in [3.8, 4) is 0 Å². The van der Waals surface area contributed by atoms with Crippen LogP contribution in [-0.2, 0) is 20.8 Å². The van der Waals surface area contributed by atoms with Gasteiger partial charge < -0.3 is 5.32 Å². The molecule has 182 valence electrons. The third-order valence-electron chi connectivity index (χ3n) is 6.22. The van der Waals surface area contributed by atoms with E-state index in [9.17, 15) is 24.4 Å². The van der Waals surface area contributed by atoms with Crippen molar-refractivity contribution in [1.82, 2.24) is 21.2 Å². The van der Waals surface area contributed by atoms with Crippen molar-refractivity contribution >= 4 is 23.8 Å². The van der Waals surface area contributed by atoms with E-state index in [4.69, 9.17) is 0 Å². The maximum atomic E-state index is 13.2. The van der Waals surface area contributed by atoms with Crippen LogP contribution in [0.3, 0.4) is 0 Å². The van der Waals surface area contributed by atoms with Gasteiger partial charge in [-0.25, -0.2) is 10.3 Å². The molecule has 1 heterocycles. The molecule has 1 aliphatic rings. The smallest absolute Gasteiger partial charge is 0.324 e. The topological polar surface area (TPSA) is 128 Å². The van der Waals surface area contributed by atoms with E-state index < -0.39 is 41.6 Å². The molecule has 33 heavy (non-hydrogen) atoms. The largest absolute Gasteiger partial charge is 0.344 e. The quantitative estimate of drug-likeness (QED) is 0.217. The average molecular weight is 461 g/mol. The lowest BCUT2D eigenvalue weighted by Gasteiger charge is -2.27. The van der Waals surface area contributed by atoms with E-state index in [0.717, 1.165) is 12.0 Å². The van der Waals surface area contributed by atoms with Crippen LogP contribution in [0.2, 0.25) is 0 Å². The molecule has 0 bridgehead atoms. The molecule has 9 heteroatoms. The summed E-state index contributed by atoms with van der Waals surface area (Å²) in [6.07, 6.45) is 2.75. The molecule has 2 rings (SSSR count). The first-order chi connectivity index (χ1) is 15.7. The average Bonchev–Trinajstić information content (AvgIpc) is 3.08. The number of hydrogen-bond acceptors (Lipinski definition) is 5. The fourth-order valence-corrected chi connectivity index (χ4v) is 4.15. The number of hydrogen-bond donors (Lipinski definition) is 4. The molecule has 1 saturated heterocycles. The summed E-state index contributed by atoms with van der Waals surface area (Å²) >= 11 is 0. The Morgan fingerprint density at radius 3 is 2.33 bits per heavy atom. The summed E-state index contributed by atoms with van der Waals surface area (Å²) in [4.78, 5) is 50.8. The lowest BCUT2D eigenvalue weighted by atomic mass is 9.81. The third-order valence-corrected chi connectivity index (χ3v) is 6.22. The van der Waals surface area contributed by atoms with E-state index >= 15 is 0 Å². The molecule has 4 atom stereocenters. The fourth-order valence-electron chi connectivity index (χ4n) is 4.15. The van der Waals surface area contributed by atoms with E-state index in [1.807, 2.05) is 58.0 Å². The fraction of sp³-hybridized carbons (Fsp3) is 0.583. The van der Waals surface area contributed by atoms with Crippen molar-refractivity contribution in [2.75, 3.05) is 0 Å². The molecule has 0 saturated carbocycles. The van der Waals surface area contributed by atoms with Crippen LogP contribution >= 0.6 is 0 Å². The van der Waals surface area contributed by atoms with Crippen LogP contribution < -0.4 is 16.2 Å². The number of nitrogens with one attached hydrogen (secondary N) is 3. The highest BCUT2D eigenvalue weighted by atomic mass is 16.5. The van der Waals surface area contributed by atoms with Gasteiger partial charge in [0.05, 0.1) is 11.8 Å². The van der Waals surface area contributed by atoms with E-state index in [1.54, 1.807) is 5.48 Å². The van der Waals surface area contributed by atoms with Gasteiger partial charge >= 0.3 is 6.03 Å². The number of benzene rings is 1. The van der Waals surface area contributed by atoms with E-state index in [1.165, 1.54) is 0 Å². The number of urea groups is 1. The van der Waals surface area contributed by atoms with Crippen LogP contribution in [0.1, 0.15) is 58.9 Å². The van der Waals surface area contributed by atoms with Crippen molar-refractivity contribution in [3.63, 3.8) is 0 Å². The van der Waals surface area contributed by atoms with Crippen LogP contribution in [0, 0.1) is 23.7 Å². The van der Waals surface area contributed by atoms with Gasteiger partial charge in [-0.15, -0.1) is 0 Å². The number of nitrogens with zero attached hydrogens (tertiary/aromatic N) is 1. The van der Waals surface area contributed by atoms with Crippen LogP contribution in [0.15, 0.2) is 30.3 Å². The molecule has 5 amide bonds. The normalized spacial score (nSPS) is 18.6. The lowest BCUT2D eigenvalue weighted by Crippen LogP contribution is -2.51. The molecule has 1 aromatic carbocycles. The van der Waals surface area contributed by atoms with Gasteiger partial charge in [-0.1, -0.05) is 64.4 Å². The maximum absolute atomic E-state index is 13.2. The van der Waals surface area contributed by atoms with Gasteiger partial charge in [-0.3, -0.25) is 25.0 Å². The van der Waals surface area contributed by atoms with Gasteiger partial charge in [0.2, 0.25) is 11.8 Å². The molecule has 4 N–H and O–H groups in total. The second-order valence-corrected chi connectivity index (χ2v) is 9.16. The number of rotatable bonds is 12. The van der Waals surface area contributed by atoms with E-state index in [2.05, 4.69) is 10.7 Å². The standard InChI is InChI=1S/C24H36N4O5/c1-5-16(4)20-23(31)28(24(32)25-20)26-21(29)19(14-15(2)3)18(22(30)27-33)13-9-12-17-10-7-6-8-11-17/h6-8,10-11,15-16,18-20,33H,5,9,12-14H2,1-4H3,(H,25,32)(H,26,29)(H,27,30)/t16-,18+,19+,20-/m0/s1. The monoisotopic (exact) mass is 460 g/mol. The number of carbonyl (C=O) groups excluding carboxylic acids is 4. The number of amides is 5. The van der Waals surface area contributed by atoms with Crippen LogP contribution in [0.5, 0.6) is 0 Å². The summed E-state index contributed by atoms with van der Waals surface area (Å²) in [5.74, 6) is -3.41. The number of aryl methyl sites for hydroxylation is 1. The molecule has 1 aliphatic heterocycles. The predicted octanol–water partition coefficient (Wildman–Crippen LogP) is 2.79. The Hall–Kier alpha value is -2.94. The Balaban J connectivity index is 2.15. The number of carbonyl (C=O) groups is 4. The molecular weight excluding hydrogens is 424 g/mol. The summed E-state index contributed by atoms with van der Waals surface area (Å²) in [5, 5.41) is 12.6. The molecule has 0 aliphatic carbocycles. The Bertz CT molecular complexity index is 829. The molecule has 0 aromatic heterocycles. The third kappa shape index (κ3) is 7.02. The number of hydroxylamine groups is 1. The molecule has 9 nitrogen and oxygen atoms in total. The van der Waals surface area contributed by atoms with Crippen LogP contribution in [0.4, 0.5) is 4.79 Å². The van der Waals surface area contributed by atoms with Crippen molar-refractivity contribution in [2.24, 2.45) is 23.7 Å². The van der Waals surface area contributed by atoms with Gasteiger partial charge in [0.1, 0.15) is 6.04 Å². The summed E-state index contributed by atoms with van der Waals surface area (Å²) in [6.45, 7) is 7.61. The van der Waals surface area contributed by atoms with Crippen molar-refractivity contribution < 1.29 is 24.4 Å². The molecule has 0 radical (unpaired) electrons. The first-order valence-corrected chi connectivity index (χ1v) is 11.6. The first-order valence-electron chi connectivity index (χ1n) is 11.6. The minimum absolute atomic E-state index is 0.0693. The summed E-state index contributed by atoms with van der Waals surface area (Å²) in [7, 11) is 0. The second kappa shape index (κ2) is 12.3. The number of imide groups is 1. The molecule has 0 spiro atoms. The zero-order valence-corrected chi connectivity index (χ0v) is 19.8. The maximum Gasteiger partial charge on any atom is 0.344 e. The Morgan fingerprint density at radius 1 is 1.09 bits per heavy atom. The molecular formula is C24H36N4O5. The zero-order chi connectivity index (χ0) is 24.5. The van der Waals surface area contributed by atoms with Crippen LogP contribution in [0.25, 0.3) is 0 Å². The zero-order valence-electron chi connectivity index (χ0n) is 19.8. The van der Waals surface area contributed by atoms with Gasteiger partial charge in [-0.05, 0) is 43.1 Å². The highest BCUT2D eigenvalue weighted by Gasteiger charge is 2.43. The SMILES string of the molecule is CC[C@H](C)[C@@H]1NC(=O)N(NC(=O)[C@H](CC(C)C)[C@@H](CCCc2ccccc2)C(=O)NO)C1=O. The number of hydrazine groups is 1. The van der Waals surface area contributed by atoms with Crippen molar-refractivity contribution in [1.29, 1.82) is 0 Å². The predicted molar refractivity (Wildman–Crippen MR) is 123 cm³/mol. The van der Waals surface area contributed by atoms with E-state index in [0.29, 0.717) is 30.7 Å². The van der Waals surface area contributed by atoms with Gasteiger partial charge in [0.25, 0.3) is 5.91 Å². The Morgan fingerprint density at radius 2 is 1.76 bits per heavy atom. The Kier molecular flexibility index (Phi) is 9.84. The molecule has 0 unspecified atom stereocenters. The van der Waals surface area contributed by atoms with Gasteiger partial charge in [0.15, 0.2) is 0 Å². The first kappa shape index (κ1) is 26.3.